The van der Waals surface area contributed by atoms with Crippen molar-refractivity contribution in [3.8, 4) is 5.75 Å². The average Bonchev–Trinajstić information content (AvgIpc) is 3.22. The molecular weight excluding hydrogens is 258 g/mol. The largest absolute Gasteiger partial charge is 0.496 e. The van der Waals surface area contributed by atoms with Crippen molar-refractivity contribution >= 4 is 11.9 Å². The minimum Gasteiger partial charge on any atom is -0.496 e. The molecule has 0 heterocycles. The van der Waals surface area contributed by atoms with Crippen LogP contribution in [0.5, 0.6) is 5.75 Å². The number of carbonyl (C=O) groups is 2. The van der Waals surface area contributed by atoms with Crippen LogP contribution in [0.3, 0.4) is 0 Å². The van der Waals surface area contributed by atoms with Gasteiger partial charge in [0.15, 0.2) is 0 Å². The van der Waals surface area contributed by atoms with Crippen LogP contribution in [0.15, 0.2) is 24.3 Å². The number of methoxy groups -OCH3 is 1. The van der Waals surface area contributed by atoms with Gasteiger partial charge in [-0.15, -0.1) is 0 Å². The lowest BCUT2D eigenvalue weighted by Crippen LogP contribution is -2.39. The van der Waals surface area contributed by atoms with E-state index < -0.39 is 5.97 Å². The van der Waals surface area contributed by atoms with Gasteiger partial charge in [-0.1, -0.05) is 18.2 Å². The third-order valence-electron chi connectivity index (χ3n) is 3.48. The number of benzene rings is 1. The summed E-state index contributed by atoms with van der Waals surface area (Å²) < 4.78 is 5.20. The molecular formula is C15H19NO4. The highest BCUT2D eigenvalue weighted by Crippen LogP contribution is 2.34. The van der Waals surface area contributed by atoms with E-state index >= 15 is 0 Å². The first-order chi connectivity index (χ1) is 9.60. The maximum Gasteiger partial charge on any atom is 0.305 e. The molecule has 0 aliphatic heterocycles. The minimum absolute atomic E-state index is 0.0116. The molecule has 1 atom stereocenters. The van der Waals surface area contributed by atoms with E-state index in [1.807, 2.05) is 18.2 Å². The van der Waals surface area contributed by atoms with E-state index in [9.17, 15) is 9.59 Å². The molecule has 2 N–H and O–H groups in total. The van der Waals surface area contributed by atoms with Crippen LogP contribution in [0.1, 0.15) is 24.8 Å². The van der Waals surface area contributed by atoms with E-state index in [0.717, 1.165) is 18.4 Å². The first kappa shape index (κ1) is 14.4. The minimum atomic E-state index is -0.875. The van der Waals surface area contributed by atoms with Gasteiger partial charge in [-0.05, 0) is 24.8 Å². The number of amides is 1. The number of nitrogens with one attached hydrogen (secondary N) is 1. The predicted octanol–water partition coefficient (Wildman–Crippen LogP) is 1.61. The molecule has 1 aliphatic rings. The van der Waals surface area contributed by atoms with Crippen molar-refractivity contribution in [3.63, 3.8) is 0 Å². The zero-order chi connectivity index (χ0) is 14.5. The van der Waals surface area contributed by atoms with E-state index in [2.05, 4.69) is 5.32 Å². The molecule has 1 unspecified atom stereocenters. The van der Waals surface area contributed by atoms with Gasteiger partial charge in [-0.2, -0.15) is 0 Å². The van der Waals surface area contributed by atoms with Gasteiger partial charge in [0, 0.05) is 11.6 Å². The maximum absolute atomic E-state index is 12.0. The first-order valence-corrected chi connectivity index (χ1v) is 6.73. The predicted molar refractivity (Wildman–Crippen MR) is 73.6 cm³/mol. The summed E-state index contributed by atoms with van der Waals surface area (Å²) >= 11 is 0. The van der Waals surface area contributed by atoms with E-state index in [1.54, 1.807) is 13.2 Å². The zero-order valence-corrected chi connectivity index (χ0v) is 11.5. The zero-order valence-electron chi connectivity index (χ0n) is 11.5. The third-order valence-corrected chi connectivity index (χ3v) is 3.48. The Morgan fingerprint density at radius 1 is 1.40 bits per heavy atom. The van der Waals surface area contributed by atoms with Crippen molar-refractivity contribution in [1.29, 1.82) is 0 Å². The number of carboxylic acids is 1. The van der Waals surface area contributed by atoms with Crippen LogP contribution in [0.25, 0.3) is 0 Å². The summed E-state index contributed by atoms with van der Waals surface area (Å²) in [6.07, 6.45) is 2.18. The van der Waals surface area contributed by atoms with Gasteiger partial charge in [-0.3, -0.25) is 9.59 Å². The van der Waals surface area contributed by atoms with Crippen LogP contribution in [-0.4, -0.2) is 30.1 Å². The summed E-state index contributed by atoms with van der Waals surface area (Å²) in [6, 6.07) is 7.08. The van der Waals surface area contributed by atoms with Crippen LogP contribution in [0.2, 0.25) is 0 Å². The summed E-state index contributed by atoms with van der Waals surface area (Å²) in [5, 5.41) is 11.7. The highest BCUT2D eigenvalue weighted by molar-refractivity contribution is 5.80. The van der Waals surface area contributed by atoms with Crippen LogP contribution in [-0.2, 0) is 16.0 Å². The fourth-order valence-electron chi connectivity index (χ4n) is 2.30. The van der Waals surface area contributed by atoms with Crippen molar-refractivity contribution in [1.82, 2.24) is 5.32 Å². The molecule has 1 aromatic rings. The fourth-order valence-corrected chi connectivity index (χ4v) is 2.30. The molecule has 2 rings (SSSR count). The number of hydrogen-bond donors (Lipinski definition) is 2. The normalized spacial score (nSPS) is 15.4. The van der Waals surface area contributed by atoms with Crippen molar-refractivity contribution in [2.24, 2.45) is 5.92 Å². The van der Waals surface area contributed by atoms with Gasteiger partial charge in [0.25, 0.3) is 0 Å². The summed E-state index contributed by atoms with van der Waals surface area (Å²) in [5.74, 6) is -0.0521. The molecule has 1 aromatic carbocycles. The number of ether oxygens (including phenoxy) is 1. The lowest BCUT2D eigenvalue weighted by Gasteiger charge is -2.16. The van der Waals surface area contributed by atoms with E-state index in [0.29, 0.717) is 11.7 Å². The Hall–Kier alpha value is -2.04. The average molecular weight is 277 g/mol. The summed E-state index contributed by atoms with van der Waals surface area (Å²) in [6.45, 7) is 0. The highest BCUT2D eigenvalue weighted by atomic mass is 16.5. The number of hydrogen-bond acceptors (Lipinski definition) is 3. The van der Waals surface area contributed by atoms with Gasteiger partial charge in [0.2, 0.25) is 5.91 Å². The lowest BCUT2D eigenvalue weighted by molar-refractivity contribution is -0.137. The summed E-state index contributed by atoms with van der Waals surface area (Å²) in [7, 11) is 1.56. The summed E-state index contributed by atoms with van der Waals surface area (Å²) in [4.78, 5) is 22.9. The standard InChI is InChI=1S/C15H19NO4/c1-20-13-5-3-2-4-11(13)8-14(17)16-12(9-15(18)19)10-6-7-10/h2-5,10,12H,6-9H2,1H3,(H,16,17)(H,18,19). The van der Waals surface area contributed by atoms with E-state index in [-0.39, 0.29) is 24.8 Å². The third kappa shape index (κ3) is 3.98. The van der Waals surface area contributed by atoms with Crippen LogP contribution in [0, 0.1) is 5.92 Å². The Morgan fingerprint density at radius 3 is 2.70 bits per heavy atom. The molecule has 0 saturated heterocycles. The maximum atomic E-state index is 12.0. The second-order valence-electron chi connectivity index (χ2n) is 5.10. The molecule has 0 aromatic heterocycles. The molecule has 0 bridgehead atoms. The molecule has 1 fully saturated rings. The highest BCUT2D eigenvalue weighted by Gasteiger charge is 2.33. The monoisotopic (exact) mass is 277 g/mol. The van der Waals surface area contributed by atoms with Gasteiger partial charge >= 0.3 is 5.97 Å². The van der Waals surface area contributed by atoms with Crippen LogP contribution in [0.4, 0.5) is 0 Å². The number of rotatable bonds is 7. The molecule has 5 heteroatoms. The molecule has 0 radical (unpaired) electrons. The molecule has 20 heavy (non-hydrogen) atoms. The Balaban J connectivity index is 1.95. The van der Waals surface area contributed by atoms with Crippen LogP contribution >= 0.6 is 0 Å². The number of aliphatic carboxylic acids is 1. The van der Waals surface area contributed by atoms with Gasteiger partial charge < -0.3 is 15.2 Å². The molecule has 108 valence electrons. The van der Waals surface area contributed by atoms with Crippen molar-refractivity contribution in [3.05, 3.63) is 29.8 Å². The quantitative estimate of drug-likeness (QED) is 0.794. The fraction of sp³-hybridized carbons (Fsp3) is 0.467. The van der Waals surface area contributed by atoms with Gasteiger partial charge in [0.1, 0.15) is 5.75 Å². The van der Waals surface area contributed by atoms with Gasteiger partial charge in [0.05, 0.1) is 20.0 Å². The SMILES string of the molecule is COc1ccccc1CC(=O)NC(CC(=O)O)C1CC1. The lowest BCUT2D eigenvalue weighted by atomic mass is 10.1. The second-order valence-corrected chi connectivity index (χ2v) is 5.10. The van der Waals surface area contributed by atoms with Crippen molar-refractivity contribution in [2.75, 3.05) is 7.11 Å². The number of para-hydroxylation sites is 1. The molecule has 1 amide bonds. The second kappa shape index (κ2) is 6.41. The van der Waals surface area contributed by atoms with E-state index in [4.69, 9.17) is 9.84 Å². The topological polar surface area (TPSA) is 75.6 Å². The Kier molecular flexibility index (Phi) is 4.61. The van der Waals surface area contributed by atoms with E-state index in [1.165, 1.54) is 0 Å². The number of carbonyl (C=O) groups excluding carboxylic acids is 1. The van der Waals surface area contributed by atoms with Crippen molar-refractivity contribution < 1.29 is 19.4 Å². The molecule has 1 aliphatic carbocycles. The van der Waals surface area contributed by atoms with Crippen LogP contribution < -0.4 is 10.1 Å². The first-order valence-electron chi connectivity index (χ1n) is 6.73. The Labute approximate surface area is 117 Å². The number of carboxylic acid groups (broad SMARTS) is 1. The molecule has 1 saturated carbocycles. The van der Waals surface area contributed by atoms with Crippen molar-refractivity contribution in [2.45, 2.75) is 31.7 Å². The Morgan fingerprint density at radius 2 is 2.10 bits per heavy atom. The molecule has 5 nitrogen and oxygen atoms in total. The molecule has 0 spiro atoms. The van der Waals surface area contributed by atoms with Gasteiger partial charge in [-0.25, -0.2) is 0 Å². The Bertz CT molecular complexity index is 496. The smallest absolute Gasteiger partial charge is 0.305 e. The summed E-state index contributed by atoms with van der Waals surface area (Å²) in [5.41, 5.74) is 0.803.